The van der Waals surface area contributed by atoms with Crippen molar-refractivity contribution in [2.24, 2.45) is 0 Å². The van der Waals surface area contributed by atoms with Crippen LogP contribution in [0.25, 0.3) is 11.1 Å². The molecule has 1 heterocycles. The van der Waals surface area contributed by atoms with Gasteiger partial charge in [-0.3, -0.25) is 9.10 Å². The molecule has 160 valence electrons. The van der Waals surface area contributed by atoms with E-state index in [4.69, 9.17) is 0 Å². The molecule has 1 atom stereocenters. The Morgan fingerprint density at radius 1 is 1.00 bits per heavy atom. The first-order valence-electron chi connectivity index (χ1n) is 10.1. The fraction of sp³-hybridized carbons (Fsp3) is 0.208. The van der Waals surface area contributed by atoms with E-state index < -0.39 is 10.0 Å². The van der Waals surface area contributed by atoms with Gasteiger partial charge in [0.1, 0.15) is 6.54 Å². The summed E-state index contributed by atoms with van der Waals surface area (Å²) in [6.45, 7) is 1.67. The van der Waals surface area contributed by atoms with Crippen LogP contribution in [0, 0.1) is 0 Å². The number of halogens is 1. The predicted molar refractivity (Wildman–Crippen MR) is 126 cm³/mol. The number of anilines is 1. The average molecular weight is 499 g/mol. The summed E-state index contributed by atoms with van der Waals surface area (Å²) in [7, 11) is -3.84. The van der Waals surface area contributed by atoms with Gasteiger partial charge in [-0.25, -0.2) is 8.42 Å². The van der Waals surface area contributed by atoms with E-state index in [2.05, 4.69) is 33.4 Å². The van der Waals surface area contributed by atoms with E-state index in [-0.39, 0.29) is 23.4 Å². The SMILES string of the molecule is C[C@@H](CCc1ccccc1)NC(=O)CN1c2ccc(Br)cc2-c2ccccc2S1(=O)=O. The van der Waals surface area contributed by atoms with Gasteiger partial charge in [-0.2, -0.15) is 0 Å². The molecule has 0 spiro atoms. The lowest BCUT2D eigenvalue weighted by atomic mass is 10.0. The van der Waals surface area contributed by atoms with Crippen molar-refractivity contribution in [2.45, 2.75) is 30.7 Å². The van der Waals surface area contributed by atoms with Gasteiger partial charge < -0.3 is 5.32 Å². The molecule has 4 rings (SSSR count). The number of carbonyl (C=O) groups excluding carboxylic acids is 1. The maximum atomic E-state index is 13.3. The molecule has 31 heavy (non-hydrogen) atoms. The molecule has 1 amide bonds. The molecule has 3 aromatic carbocycles. The number of nitrogens with one attached hydrogen (secondary N) is 1. The molecule has 0 aromatic heterocycles. The Bertz CT molecular complexity index is 1210. The van der Waals surface area contributed by atoms with Gasteiger partial charge in [0.15, 0.2) is 0 Å². The summed E-state index contributed by atoms with van der Waals surface area (Å²) in [6.07, 6.45) is 1.61. The van der Waals surface area contributed by atoms with Crippen molar-refractivity contribution < 1.29 is 13.2 Å². The molecule has 0 radical (unpaired) electrons. The number of sulfonamides is 1. The van der Waals surface area contributed by atoms with Crippen molar-refractivity contribution in [3.8, 4) is 11.1 Å². The maximum absolute atomic E-state index is 13.3. The summed E-state index contributed by atoms with van der Waals surface area (Å²) in [5.41, 5.74) is 3.14. The normalized spacial score (nSPS) is 15.0. The molecule has 0 aliphatic carbocycles. The third-order valence-corrected chi connectivity index (χ3v) is 7.69. The molecule has 5 nitrogen and oxygen atoms in total. The molecule has 1 aliphatic rings. The summed E-state index contributed by atoms with van der Waals surface area (Å²) in [5.74, 6) is -0.322. The van der Waals surface area contributed by atoms with E-state index in [1.165, 1.54) is 9.87 Å². The van der Waals surface area contributed by atoms with Gasteiger partial charge in [0, 0.05) is 21.6 Å². The fourth-order valence-corrected chi connectivity index (χ4v) is 5.84. The molecule has 7 heteroatoms. The van der Waals surface area contributed by atoms with Gasteiger partial charge in [-0.15, -0.1) is 0 Å². The summed E-state index contributed by atoms with van der Waals surface area (Å²) < 4.78 is 28.7. The highest BCUT2D eigenvalue weighted by Crippen LogP contribution is 2.43. The van der Waals surface area contributed by atoms with Gasteiger partial charge in [0.25, 0.3) is 10.0 Å². The minimum atomic E-state index is -3.84. The Morgan fingerprint density at radius 3 is 2.48 bits per heavy atom. The monoisotopic (exact) mass is 498 g/mol. The van der Waals surface area contributed by atoms with Crippen LogP contribution < -0.4 is 9.62 Å². The van der Waals surface area contributed by atoms with Crippen LogP contribution in [0.3, 0.4) is 0 Å². The second-order valence-corrected chi connectivity index (χ2v) is 10.4. The lowest BCUT2D eigenvalue weighted by Crippen LogP contribution is -2.44. The molecular weight excluding hydrogens is 476 g/mol. The van der Waals surface area contributed by atoms with Crippen LogP contribution in [0.4, 0.5) is 5.69 Å². The Morgan fingerprint density at radius 2 is 1.71 bits per heavy atom. The molecular formula is C24H23BrN2O3S. The lowest BCUT2D eigenvalue weighted by Gasteiger charge is -2.32. The summed E-state index contributed by atoms with van der Waals surface area (Å²) in [6, 6.07) is 22.3. The number of rotatable bonds is 6. The smallest absolute Gasteiger partial charge is 0.265 e. The number of nitrogens with zero attached hydrogens (tertiary/aromatic N) is 1. The van der Waals surface area contributed by atoms with E-state index in [0.29, 0.717) is 11.3 Å². The van der Waals surface area contributed by atoms with Gasteiger partial charge in [-0.1, -0.05) is 64.5 Å². The third kappa shape index (κ3) is 4.52. The zero-order chi connectivity index (χ0) is 22.0. The standard InChI is InChI=1S/C24H23BrN2O3S/c1-17(11-12-18-7-3-2-4-8-18)26-24(28)16-27-22-14-13-19(25)15-21(22)20-9-5-6-10-23(20)31(27,29)30/h2-10,13-15,17H,11-12,16H2,1H3,(H,26,28)/t17-/m0/s1. The zero-order valence-electron chi connectivity index (χ0n) is 17.1. The van der Waals surface area contributed by atoms with Gasteiger partial charge in [0.05, 0.1) is 10.6 Å². The van der Waals surface area contributed by atoms with Crippen LogP contribution in [0.15, 0.2) is 82.2 Å². The minimum Gasteiger partial charge on any atom is -0.352 e. The predicted octanol–water partition coefficient (Wildman–Crippen LogP) is 4.76. The summed E-state index contributed by atoms with van der Waals surface area (Å²) in [4.78, 5) is 13.0. The van der Waals surface area contributed by atoms with Gasteiger partial charge in [0.2, 0.25) is 5.91 Å². The van der Waals surface area contributed by atoms with E-state index in [0.717, 1.165) is 22.9 Å². The molecule has 0 unspecified atom stereocenters. The van der Waals surface area contributed by atoms with Crippen LogP contribution in [0.5, 0.6) is 0 Å². The molecule has 1 aliphatic heterocycles. The van der Waals surface area contributed by atoms with Gasteiger partial charge in [-0.05, 0) is 49.6 Å². The Kier molecular flexibility index (Phi) is 6.16. The molecule has 0 fully saturated rings. The van der Waals surface area contributed by atoms with Crippen molar-refractivity contribution >= 4 is 37.5 Å². The first kappa shape index (κ1) is 21.6. The number of benzene rings is 3. The minimum absolute atomic E-state index is 0.0723. The second-order valence-electron chi connectivity index (χ2n) is 7.66. The third-order valence-electron chi connectivity index (χ3n) is 5.38. The number of hydrogen-bond donors (Lipinski definition) is 1. The topological polar surface area (TPSA) is 66.5 Å². The van der Waals surface area contributed by atoms with Crippen LogP contribution in [0.2, 0.25) is 0 Å². The fourth-order valence-electron chi connectivity index (χ4n) is 3.82. The van der Waals surface area contributed by atoms with Crippen molar-refractivity contribution in [1.29, 1.82) is 0 Å². The molecule has 0 saturated carbocycles. The van der Waals surface area contributed by atoms with Crippen LogP contribution in [-0.2, 0) is 21.2 Å². The Labute approximate surface area is 191 Å². The quantitative estimate of drug-likeness (QED) is 0.532. The first-order chi connectivity index (χ1) is 14.9. The van der Waals surface area contributed by atoms with E-state index >= 15 is 0 Å². The highest BCUT2D eigenvalue weighted by molar-refractivity contribution is 9.10. The van der Waals surface area contributed by atoms with Crippen molar-refractivity contribution in [3.05, 3.63) is 82.8 Å². The number of carbonyl (C=O) groups is 1. The second kappa shape index (κ2) is 8.85. The zero-order valence-corrected chi connectivity index (χ0v) is 19.5. The largest absolute Gasteiger partial charge is 0.352 e. The van der Waals surface area contributed by atoms with Crippen LogP contribution >= 0.6 is 15.9 Å². The summed E-state index contributed by atoms with van der Waals surface area (Å²) >= 11 is 3.46. The van der Waals surface area contributed by atoms with Crippen LogP contribution in [0.1, 0.15) is 18.9 Å². The number of hydrogen-bond acceptors (Lipinski definition) is 3. The van der Waals surface area contributed by atoms with Gasteiger partial charge >= 0.3 is 0 Å². The maximum Gasteiger partial charge on any atom is 0.265 e. The highest BCUT2D eigenvalue weighted by atomic mass is 79.9. The van der Waals surface area contributed by atoms with E-state index in [1.54, 1.807) is 30.3 Å². The summed E-state index contributed by atoms with van der Waals surface area (Å²) in [5, 5.41) is 2.95. The number of aryl methyl sites for hydroxylation is 1. The first-order valence-corrected chi connectivity index (χ1v) is 12.3. The van der Waals surface area contributed by atoms with E-state index in [1.807, 2.05) is 37.3 Å². The molecule has 3 aromatic rings. The average Bonchev–Trinajstić information content (AvgIpc) is 2.76. The van der Waals surface area contributed by atoms with Crippen molar-refractivity contribution in [3.63, 3.8) is 0 Å². The van der Waals surface area contributed by atoms with E-state index in [9.17, 15) is 13.2 Å². The molecule has 0 bridgehead atoms. The molecule has 1 N–H and O–H groups in total. The van der Waals surface area contributed by atoms with Crippen molar-refractivity contribution in [2.75, 3.05) is 10.8 Å². The Balaban J connectivity index is 1.53. The lowest BCUT2D eigenvalue weighted by molar-refractivity contribution is -0.120. The van der Waals surface area contributed by atoms with Crippen LogP contribution in [-0.4, -0.2) is 26.9 Å². The number of fused-ring (bicyclic) bond motifs is 3. The number of amides is 1. The van der Waals surface area contributed by atoms with Crippen molar-refractivity contribution in [1.82, 2.24) is 5.32 Å². The Hall–Kier alpha value is -2.64. The highest BCUT2D eigenvalue weighted by Gasteiger charge is 2.36. The molecule has 0 saturated heterocycles.